The molecule has 172 valence electrons. The summed E-state index contributed by atoms with van der Waals surface area (Å²) in [5.74, 6) is -1.35. The zero-order valence-corrected chi connectivity index (χ0v) is 18.3. The minimum absolute atomic E-state index is 0.0941. The second kappa shape index (κ2) is 11.2. The summed E-state index contributed by atoms with van der Waals surface area (Å²) < 4.78 is 11.0. The Balaban J connectivity index is 1.56. The fourth-order valence-electron chi connectivity index (χ4n) is 2.97. The molecule has 0 radical (unpaired) electrons. The van der Waals surface area contributed by atoms with Crippen molar-refractivity contribution in [2.45, 2.75) is 0 Å². The van der Waals surface area contributed by atoms with Crippen molar-refractivity contribution in [2.75, 3.05) is 0 Å². The van der Waals surface area contributed by atoms with Crippen molar-refractivity contribution in [3.8, 4) is 11.5 Å². The molecule has 35 heavy (non-hydrogen) atoms. The Labute approximate surface area is 200 Å². The lowest BCUT2D eigenvalue weighted by Gasteiger charge is -2.10. The molecule has 3 aromatic carbocycles. The number of hydrogen-bond donors (Lipinski definition) is 1. The van der Waals surface area contributed by atoms with E-state index in [-0.39, 0.29) is 11.5 Å². The van der Waals surface area contributed by atoms with Gasteiger partial charge < -0.3 is 9.47 Å². The van der Waals surface area contributed by atoms with E-state index in [0.29, 0.717) is 22.3 Å². The van der Waals surface area contributed by atoms with E-state index in [1.54, 1.807) is 85.1 Å². The number of hydrogen-bond acceptors (Lipinski definition) is 7. The van der Waals surface area contributed by atoms with Gasteiger partial charge in [0, 0.05) is 24.0 Å². The molecule has 1 amide bonds. The van der Waals surface area contributed by atoms with E-state index in [4.69, 9.17) is 9.47 Å². The van der Waals surface area contributed by atoms with E-state index in [1.165, 1.54) is 24.5 Å². The number of pyridine rings is 1. The molecule has 1 aromatic heterocycles. The van der Waals surface area contributed by atoms with Gasteiger partial charge >= 0.3 is 11.9 Å². The van der Waals surface area contributed by atoms with Gasteiger partial charge in [-0.05, 0) is 48.5 Å². The van der Waals surface area contributed by atoms with Crippen LogP contribution in [0.3, 0.4) is 0 Å². The number of rotatable bonds is 7. The van der Waals surface area contributed by atoms with Crippen LogP contribution in [0, 0.1) is 0 Å². The summed E-state index contributed by atoms with van der Waals surface area (Å²) >= 11 is 0. The molecule has 8 nitrogen and oxygen atoms in total. The monoisotopic (exact) mass is 465 g/mol. The average molecular weight is 465 g/mol. The Bertz CT molecular complexity index is 1360. The predicted octanol–water partition coefficient (Wildman–Crippen LogP) is 4.28. The van der Waals surface area contributed by atoms with Crippen molar-refractivity contribution < 1.29 is 23.9 Å². The van der Waals surface area contributed by atoms with Crippen LogP contribution in [-0.4, -0.2) is 29.0 Å². The largest absolute Gasteiger partial charge is 0.423 e. The van der Waals surface area contributed by atoms with Crippen molar-refractivity contribution >= 4 is 24.1 Å². The van der Waals surface area contributed by atoms with Gasteiger partial charge in [0.05, 0.1) is 22.9 Å². The summed E-state index contributed by atoms with van der Waals surface area (Å²) in [6.45, 7) is 0. The van der Waals surface area contributed by atoms with Crippen LogP contribution in [0.2, 0.25) is 0 Å². The first kappa shape index (κ1) is 23.1. The summed E-state index contributed by atoms with van der Waals surface area (Å²) in [6, 6.07) is 24.7. The Morgan fingerprint density at radius 3 is 2.00 bits per heavy atom. The molecule has 0 bridgehead atoms. The zero-order chi connectivity index (χ0) is 24.5. The maximum atomic E-state index is 12.6. The standard InChI is InChI=1S/C27H19N3O5/c31-25(22-12-7-15-28-17-22)30-29-18-21-13-14-23(34-26(32)19-8-3-1-4-9-19)16-24(21)35-27(33)20-10-5-2-6-11-20/h1-18H,(H,30,31)/b29-18-. The predicted molar refractivity (Wildman–Crippen MR) is 129 cm³/mol. The van der Waals surface area contributed by atoms with Gasteiger partial charge in [-0.2, -0.15) is 5.10 Å². The summed E-state index contributed by atoms with van der Waals surface area (Å²) in [4.78, 5) is 41.1. The van der Waals surface area contributed by atoms with Crippen molar-refractivity contribution in [3.63, 3.8) is 0 Å². The van der Waals surface area contributed by atoms with Gasteiger partial charge in [0.1, 0.15) is 11.5 Å². The molecule has 0 spiro atoms. The minimum Gasteiger partial charge on any atom is -0.423 e. The van der Waals surface area contributed by atoms with E-state index in [0.717, 1.165) is 0 Å². The van der Waals surface area contributed by atoms with E-state index in [9.17, 15) is 14.4 Å². The molecule has 0 aliphatic carbocycles. The first-order valence-corrected chi connectivity index (χ1v) is 10.5. The molecule has 0 aliphatic rings. The van der Waals surface area contributed by atoms with Crippen LogP contribution in [0.5, 0.6) is 11.5 Å². The van der Waals surface area contributed by atoms with Crippen molar-refractivity contribution in [1.82, 2.24) is 10.4 Å². The quantitative estimate of drug-likeness (QED) is 0.189. The Kier molecular flexibility index (Phi) is 7.35. The van der Waals surface area contributed by atoms with Gasteiger partial charge in [-0.1, -0.05) is 36.4 Å². The third-order valence-electron chi connectivity index (χ3n) is 4.71. The minimum atomic E-state index is -0.605. The van der Waals surface area contributed by atoms with Crippen LogP contribution in [0.1, 0.15) is 36.6 Å². The summed E-state index contributed by atoms with van der Waals surface area (Å²) in [6.07, 6.45) is 4.29. The van der Waals surface area contributed by atoms with Crippen LogP contribution < -0.4 is 14.9 Å². The third-order valence-corrected chi connectivity index (χ3v) is 4.71. The molecule has 0 saturated carbocycles. The van der Waals surface area contributed by atoms with Crippen LogP contribution >= 0.6 is 0 Å². The molecular formula is C27H19N3O5. The molecule has 0 aliphatic heterocycles. The Hall–Kier alpha value is -5.11. The maximum Gasteiger partial charge on any atom is 0.343 e. The highest BCUT2D eigenvalue weighted by Gasteiger charge is 2.15. The lowest BCUT2D eigenvalue weighted by Crippen LogP contribution is -2.18. The molecule has 0 fully saturated rings. The van der Waals surface area contributed by atoms with Gasteiger partial charge in [-0.3, -0.25) is 9.78 Å². The number of benzene rings is 3. The lowest BCUT2D eigenvalue weighted by molar-refractivity contribution is 0.0732. The normalized spacial score (nSPS) is 10.5. The molecule has 0 atom stereocenters. The molecule has 8 heteroatoms. The van der Waals surface area contributed by atoms with Gasteiger partial charge in [0.25, 0.3) is 5.91 Å². The smallest absolute Gasteiger partial charge is 0.343 e. The highest BCUT2D eigenvalue weighted by atomic mass is 16.5. The van der Waals surface area contributed by atoms with Gasteiger partial charge in [0.2, 0.25) is 0 Å². The molecule has 0 saturated heterocycles. The number of nitrogens with one attached hydrogen (secondary N) is 1. The summed E-state index contributed by atoms with van der Waals surface area (Å²) in [5.41, 5.74) is 3.82. The number of aromatic nitrogens is 1. The fourth-order valence-corrected chi connectivity index (χ4v) is 2.97. The zero-order valence-electron chi connectivity index (χ0n) is 18.3. The van der Waals surface area contributed by atoms with E-state index in [2.05, 4.69) is 15.5 Å². The number of amides is 1. The molecule has 1 heterocycles. The van der Waals surface area contributed by atoms with Crippen LogP contribution in [0.25, 0.3) is 0 Å². The van der Waals surface area contributed by atoms with Crippen LogP contribution in [0.15, 0.2) is 108 Å². The van der Waals surface area contributed by atoms with Crippen LogP contribution in [-0.2, 0) is 0 Å². The van der Waals surface area contributed by atoms with E-state index in [1.807, 2.05) is 0 Å². The van der Waals surface area contributed by atoms with E-state index < -0.39 is 17.8 Å². The number of carbonyl (C=O) groups excluding carboxylic acids is 3. The highest BCUT2D eigenvalue weighted by molar-refractivity contribution is 5.96. The number of carbonyl (C=O) groups is 3. The molecule has 4 rings (SSSR count). The lowest BCUT2D eigenvalue weighted by atomic mass is 10.2. The van der Waals surface area contributed by atoms with E-state index >= 15 is 0 Å². The number of ether oxygens (including phenoxy) is 2. The van der Waals surface area contributed by atoms with Gasteiger partial charge in [0.15, 0.2) is 0 Å². The SMILES string of the molecule is O=C(N/N=C\c1ccc(OC(=O)c2ccccc2)cc1OC(=O)c1ccccc1)c1cccnc1. The first-order valence-electron chi connectivity index (χ1n) is 10.5. The van der Waals surface area contributed by atoms with Gasteiger partial charge in [-0.15, -0.1) is 0 Å². The second-order valence-electron chi connectivity index (χ2n) is 7.15. The third kappa shape index (κ3) is 6.23. The van der Waals surface area contributed by atoms with Crippen LogP contribution in [0.4, 0.5) is 0 Å². The number of nitrogens with zero attached hydrogens (tertiary/aromatic N) is 2. The second-order valence-corrected chi connectivity index (χ2v) is 7.15. The maximum absolute atomic E-state index is 12.6. The summed E-state index contributed by atoms with van der Waals surface area (Å²) in [5, 5.41) is 3.95. The molecular weight excluding hydrogens is 446 g/mol. The summed E-state index contributed by atoms with van der Waals surface area (Å²) in [7, 11) is 0. The molecule has 4 aromatic rings. The first-order chi connectivity index (χ1) is 17.1. The van der Waals surface area contributed by atoms with Gasteiger partial charge in [-0.25, -0.2) is 15.0 Å². The number of hydrazone groups is 1. The highest BCUT2D eigenvalue weighted by Crippen LogP contribution is 2.25. The molecule has 1 N–H and O–H groups in total. The van der Waals surface area contributed by atoms with Crippen molar-refractivity contribution in [2.24, 2.45) is 5.10 Å². The van der Waals surface area contributed by atoms with Crippen molar-refractivity contribution in [1.29, 1.82) is 0 Å². The van der Waals surface area contributed by atoms with Crippen molar-refractivity contribution in [3.05, 3.63) is 126 Å². The fraction of sp³-hybridized carbons (Fsp3) is 0. The molecule has 0 unspecified atom stereocenters. The topological polar surface area (TPSA) is 107 Å². The Morgan fingerprint density at radius 1 is 0.743 bits per heavy atom. The average Bonchev–Trinajstić information content (AvgIpc) is 2.91. The number of esters is 2. The Morgan fingerprint density at radius 2 is 1.37 bits per heavy atom.